The molecule has 0 aromatic heterocycles. The van der Waals surface area contributed by atoms with Gasteiger partial charge in [-0.3, -0.25) is 0 Å². The van der Waals surface area contributed by atoms with Crippen molar-refractivity contribution in [2.75, 3.05) is 45.3 Å². The summed E-state index contributed by atoms with van der Waals surface area (Å²) in [4.78, 5) is 2.30. The molecular weight excluding hydrogens is 442 g/mol. The van der Waals surface area contributed by atoms with E-state index in [1.165, 1.54) is 0 Å². The Balaban J connectivity index is 2.07. The van der Waals surface area contributed by atoms with Gasteiger partial charge in [0.25, 0.3) is 0 Å². The van der Waals surface area contributed by atoms with E-state index < -0.39 is 0 Å². The standard InChI is InChI=1S/C22H27N7OS2/c1-23-21(31)27-25-19(16-6-4-3-5-7-16)20(26-28-22(32)24-2)17-8-10-18(11-9-17)29-12-14-30-15-13-29/h3-11H,12-15H2,1-2H3,(H2,23,27,31)(H2,24,28,32)/b25-19+,26-20+. The minimum absolute atomic E-state index is 0.383. The Labute approximate surface area is 199 Å². The van der Waals surface area contributed by atoms with Gasteiger partial charge in [0.2, 0.25) is 0 Å². The molecule has 1 saturated heterocycles. The van der Waals surface area contributed by atoms with Crippen molar-refractivity contribution in [1.82, 2.24) is 10.6 Å². The van der Waals surface area contributed by atoms with Gasteiger partial charge in [0.15, 0.2) is 10.3 Å². The molecule has 32 heavy (non-hydrogen) atoms. The van der Waals surface area contributed by atoms with Gasteiger partial charge in [-0.2, -0.15) is 0 Å². The zero-order valence-corrected chi connectivity index (χ0v) is 19.9. The van der Waals surface area contributed by atoms with E-state index in [4.69, 9.17) is 4.74 Å². The van der Waals surface area contributed by atoms with E-state index in [1.807, 2.05) is 42.5 Å². The molecule has 1 aliphatic rings. The van der Waals surface area contributed by atoms with Crippen molar-refractivity contribution in [3.8, 4) is 0 Å². The number of morpholine rings is 1. The quantitative estimate of drug-likeness (QED) is 0.227. The summed E-state index contributed by atoms with van der Waals surface area (Å²) in [7, 11) is 3.46. The molecule has 0 amide bonds. The first kappa shape index (κ1) is 23.8. The van der Waals surface area contributed by atoms with E-state index in [-0.39, 0.29) is 0 Å². The van der Waals surface area contributed by atoms with Gasteiger partial charge in [-0.05, 0) is 12.1 Å². The van der Waals surface area contributed by atoms with Crippen LogP contribution >= 0.6 is 25.3 Å². The predicted octanol–water partition coefficient (Wildman–Crippen LogP) is 2.64. The van der Waals surface area contributed by atoms with Crippen molar-refractivity contribution < 1.29 is 4.74 Å². The Morgan fingerprint density at radius 3 is 1.75 bits per heavy atom. The van der Waals surface area contributed by atoms with Gasteiger partial charge in [0.05, 0.1) is 13.2 Å². The van der Waals surface area contributed by atoms with Crippen LogP contribution in [0, 0.1) is 0 Å². The second-order valence-electron chi connectivity index (χ2n) is 6.76. The topological polar surface area (TPSA) is 86.0 Å². The summed E-state index contributed by atoms with van der Waals surface area (Å²) in [6, 6.07) is 17.9. The van der Waals surface area contributed by atoms with E-state index in [0.29, 0.717) is 21.8 Å². The molecule has 3 rings (SSSR count). The number of nitrogens with zero attached hydrogens (tertiary/aromatic N) is 5. The summed E-state index contributed by atoms with van der Waals surface area (Å²) < 4.78 is 5.46. The second-order valence-corrected chi connectivity index (χ2v) is 7.60. The first-order valence-electron chi connectivity index (χ1n) is 10.2. The molecule has 2 aromatic rings. The van der Waals surface area contributed by atoms with E-state index >= 15 is 0 Å². The molecule has 0 atom stereocenters. The molecule has 0 unspecified atom stereocenters. The smallest absolute Gasteiger partial charge is 0.179 e. The Kier molecular flexibility index (Phi) is 9.14. The summed E-state index contributed by atoms with van der Waals surface area (Å²) in [5, 5.41) is 23.8. The lowest BCUT2D eigenvalue weighted by Gasteiger charge is -2.29. The zero-order valence-electron chi connectivity index (χ0n) is 18.1. The van der Waals surface area contributed by atoms with Crippen LogP contribution in [0.4, 0.5) is 5.69 Å². The van der Waals surface area contributed by atoms with Crippen LogP contribution in [0.2, 0.25) is 0 Å². The van der Waals surface area contributed by atoms with E-state index in [9.17, 15) is 0 Å². The van der Waals surface area contributed by atoms with Gasteiger partial charge in [-0.1, -0.05) is 42.5 Å². The van der Waals surface area contributed by atoms with Crippen LogP contribution in [0.1, 0.15) is 11.1 Å². The molecule has 1 fully saturated rings. The number of ether oxygens (including phenoxy) is 1. The summed E-state index contributed by atoms with van der Waals surface area (Å²) in [5.41, 5.74) is 3.96. The Morgan fingerprint density at radius 1 is 0.750 bits per heavy atom. The molecule has 0 bridgehead atoms. The predicted molar refractivity (Wildman–Crippen MR) is 140 cm³/mol. The highest BCUT2D eigenvalue weighted by Gasteiger charge is 2.17. The molecule has 0 radical (unpaired) electrons. The number of nitrogens with one attached hydrogen (secondary N) is 2. The lowest BCUT2D eigenvalue weighted by atomic mass is 9.99. The van der Waals surface area contributed by atoms with E-state index in [1.54, 1.807) is 14.1 Å². The first-order valence-corrected chi connectivity index (χ1v) is 11.1. The maximum atomic E-state index is 5.46. The minimum Gasteiger partial charge on any atom is -0.378 e. The van der Waals surface area contributed by atoms with Crippen LogP contribution in [-0.2, 0) is 4.74 Å². The Hall–Kier alpha value is -2.82. The van der Waals surface area contributed by atoms with Crippen molar-refractivity contribution in [2.45, 2.75) is 0 Å². The SMILES string of the molecule is CN/C(S)=N/N=C(/C(=N/N=C(\S)NC)c1ccc(N2CCOCC2)cc1)c1ccccc1. The lowest BCUT2D eigenvalue weighted by Crippen LogP contribution is -2.36. The zero-order chi connectivity index (χ0) is 22.8. The van der Waals surface area contributed by atoms with Crippen LogP contribution in [0.25, 0.3) is 0 Å². The van der Waals surface area contributed by atoms with Crippen LogP contribution in [0.5, 0.6) is 0 Å². The average Bonchev–Trinajstić information content (AvgIpc) is 2.86. The number of hydrogen-bond donors (Lipinski definition) is 4. The van der Waals surface area contributed by atoms with Crippen molar-refractivity contribution in [3.63, 3.8) is 0 Å². The highest BCUT2D eigenvalue weighted by molar-refractivity contribution is 7.97. The van der Waals surface area contributed by atoms with Crippen molar-refractivity contribution in [1.29, 1.82) is 0 Å². The number of amidine groups is 2. The third-order valence-electron chi connectivity index (χ3n) is 4.73. The molecule has 1 aliphatic heterocycles. The summed E-state index contributed by atoms with van der Waals surface area (Å²) in [6.07, 6.45) is 0. The number of thiol groups is 2. The second kappa shape index (κ2) is 12.3. The van der Waals surface area contributed by atoms with Crippen molar-refractivity contribution >= 4 is 52.7 Å². The third-order valence-corrected chi connectivity index (χ3v) is 5.35. The molecule has 2 N–H and O–H groups in total. The fourth-order valence-corrected chi connectivity index (χ4v) is 3.12. The molecule has 10 heteroatoms. The number of hydrogen-bond acceptors (Lipinski definition) is 6. The maximum Gasteiger partial charge on any atom is 0.179 e. The highest BCUT2D eigenvalue weighted by atomic mass is 32.1. The largest absolute Gasteiger partial charge is 0.378 e. The van der Waals surface area contributed by atoms with Crippen LogP contribution in [-0.4, -0.2) is 62.2 Å². The summed E-state index contributed by atoms with van der Waals surface area (Å²) >= 11 is 8.55. The van der Waals surface area contributed by atoms with E-state index in [0.717, 1.165) is 43.1 Å². The number of benzene rings is 2. The third kappa shape index (κ3) is 6.59. The van der Waals surface area contributed by atoms with Gasteiger partial charge in [0.1, 0.15) is 11.4 Å². The number of rotatable bonds is 6. The summed E-state index contributed by atoms with van der Waals surface area (Å²) in [5.74, 6) is 0. The molecule has 168 valence electrons. The van der Waals surface area contributed by atoms with Gasteiger partial charge in [-0.15, -0.1) is 45.7 Å². The number of anilines is 1. The normalized spacial score (nSPS) is 16.2. The van der Waals surface area contributed by atoms with Gasteiger partial charge < -0.3 is 20.3 Å². The Bertz CT molecular complexity index is 999. The summed E-state index contributed by atoms with van der Waals surface area (Å²) in [6.45, 7) is 3.21. The van der Waals surface area contributed by atoms with Gasteiger partial charge >= 0.3 is 0 Å². The van der Waals surface area contributed by atoms with Crippen LogP contribution in [0.3, 0.4) is 0 Å². The monoisotopic (exact) mass is 469 g/mol. The molecule has 0 saturated carbocycles. The average molecular weight is 470 g/mol. The van der Waals surface area contributed by atoms with Crippen molar-refractivity contribution in [2.24, 2.45) is 20.4 Å². The molecular formula is C22H27N7OS2. The fraction of sp³-hybridized carbons (Fsp3) is 0.273. The van der Waals surface area contributed by atoms with E-state index in [2.05, 4.69) is 73.3 Å². The maximum absolute atomic E-state index is 5.46. The highest BCUT2D eigenvalue weighted by Crippen LogP contribution is 2.19. The molecule has 8 nitrogen and oxygen atoms in total. The van der Waals surface area contributed by atoms with Gasteiger partial charge in [0, 0.05) is 44.0 Å². The molecule has 0 aliphatic carbocycles. The van der Waals surface area contributed by atoms with Gasteiger partial charge in [-0.25, -0.2) is 0 Å². The first-order chi connectivity index (χ1) is 15.6. The fourth-order valence-electron chi connectivity index (χ4n) is 3.03. The van der Waals surface area contributed by atoms with Crippen LogP contribution < -0.4 is 15.5 Å². The minimum atomic E-state index is 0.383. The Morgan fingerprint density at radius 2 is 1.25 bits per heavy atom. The molecule has 1 heterocycles. The van der Waals surface area contributed by atoms with Crippen molar-refractivity contribution in [3.05, 3.63) is 65.7 Å². The molecule has 2 aromatic carbocycles. The molecule has 0 spiro atoms. The lowest BCUT2D eigenvalue weighted by molar-refractivity contribution is 0.122. The van der Waals surface area contributed by atoms with Crippen LogP contribution in [0.15, 0.2) is 75.0 Å².